The lowest BCUT2D eigenvalue weighted by molar-refractivity contribution is -0.122. The Morgan fingerprint density at radius 1 is 1.17 bits per heavy atom. The molecule has 0 bridgehead atoms. The molecule has 3 atom stereocenters. The van der Waals surface area contributed by atoms with Gasteiger partial charge in [-0.3, -0.25) is 14.5 Å². The molecule has 10 heteroatoms. The number of hydrogen-bond donors (Lipinski definition) is 2. The van der Waals surface area contributed by atoms with Crippen molar-refractivity contribution in [3.63, 3.8) is 0 Å². The van der Waals surface area contributed by atoms with Crippen LogP contribution in [-0.4, -0.2) is 57.2 Å². The molecule has 0 aromatic heterocycles. The molecule has 1 aromatic carbocycles. The predicted molar refractivity (Wildman–Crippen MR) is 99.4 cm³/mol. The molecule has 2 saturated heterocycles. The highest BCUT2D eigenvalue weighted by atomic mass is 19.1. The first kappa shape index (κ1) is 19.4. The molecule has 3 amide bonds. The first-order valence-electron chi connectivity index (χ1n) is 9.48. The molecule has 3 aliphatic rings. The summed E-state index contributed by atoms with van der Waals surface area (Å²) < 4.78 is 34.7. The molecule has 2 N–H and O–H groups in total. The normalized spacial score (nSPS) is 27.5. The summed E-state index contributed by atoms with van der Waals surface area (Å²) in [6, 6.07) is 2.22. The number of nitrogens with one attached hydrogen (secondary N) is 2. The van der Waals surface area contributed by atoms with Crippen LogP contribution in [0.15, 0.2) is 12.1 Å². The van der Waals surface area contributed by atoms with E-state index >= 15 is 0 Å². The summed E-state index contributed by atoms with van der Waals surface area (Å²) in [5.41, 5.74) is -0.0781. The Labute approximate surface area is 166 Å². The summed E-state index contributed by atoms with van der Waals surface area (Å²) in [4.78, 5) is 37.6. The SMILES string of the molecule is CNC(=O)C1C2CN(c3c(F)cc(N4CC(CNC(C)=O)OC4=O)cc3F)CC21. The average Bonchev–Trinajstić information content (AvgIpc) is 2.99. The summed E-state index contributed by atoms with van der Waals surface area (Å²) in [6.07, 6.45) is -1.31. The molecule has 29 heavy (non-hydrogen) atoms. The van der Waals surface area contributed by atoms with Gasteiger partial charge in [0.2, 0.25) is 11.8 Å². The predicted octanol–water partition coefficient (Wildman–Crippen LogP) is 0.854. The monoisotopic (exact) mass is 408 g/mol. The number of hydrogen-bond acceptors (Lipinski definition) is 5. The van der Waals surface area contributed by atoms with Gasteiger partial charge in [-0.15, -0.1) is 0 Å². The van der Waals surface area contributed by atoms with Crippen LogP contribution in [0, 0.1) is 29.4 Å². The first-order valence-corrected chi connectivity index (χ1v) is 9.48. The highest BCUT2D eigenvalue weighted by molar-refractivity contribution is 5.90. The lowest BCUT2D eigenvalue weighted by Crippen LogP contribution is -2.33. The zero-order valence-electron chi connectivity index (χ0n) is 16.1. The van der Waals surface area contributed by atoms with Crippen molar-refractivity contribution in [1.82, 2.24) is 10.6 Å². The highest BCUT2D eigenvalue weighted by Crippen LogP contribution is 2.53. The van der Waals surface area contributed by atoms with Gasteiger partial charge in [-0.1, -0.05) is 0 Å². The van der Waals surface area contributed by atoms with E-state index in [0.29, 0.717) is 13.1 Å². The smallest absolute Gasteiger partial charge is 0.414 e. The molecule has 4 rings (SSSR count). The molecule has 2 heterocycles. The van der Waals surface area contributed by atoms with Crippen molar-refractivity contribution in [2.24, 2.45) is 17.8 Å². The van der Waals surface area contributed by atoms with Crippen LogP contribution >= 0.6 is 0 Å². The fourth-order valence-electron chi connectivity index (χ4n) is 4.37. The molecule has 156 valence electrons. The molecule has 3 unspecified atom stereocenters. The summed E-state index contributed by atoms with van der Waals surface area (Å²) >= 11 is 0. The minimum Gasteiger partial charge on any atom is -0.442 e. The Bertz CT molecular complexity index is 845. The number of amides is 3. The zero-order chi connectivity index (χ0) is 20.9. The lowest BCUT2D eigenvalue weighted by Gasteiger charge is -2.24. The quantitative estimate of drug-likeness (QED) is 0.754. The molecule has 8 nitrogen and oxygen atoms in total. The third-order valence-electron chi connectivity index (χ3n) is 5.83. The number of carbonyl (C=O) groups is 3. The van der Waals surface area contributed by atoms with E-state index in [-0.39, 0.29) is 54.0 Å². The molecule has 0 radical (unpaired) electrons. The van der Waals surface area contributed by atoms with Gasteiger partial charge in [0.05, 0.1) is 18.8 Å². The Hall–Kier alpha value is -2.91. The zero-order valence-corrected chi connectivity index (χ0v) is 16.1. The largest absolute Gasteiger partial charge is 0.442 e. The van der Waals surface area contributed by atoms with Crippen molar-refractivity contribution >= 4 is 29.3 Å². The summed E-state index contributed by atoms with van der Waals surface area (Å²) in [5.74, 6) is -1.69. The minimum atomic E-state index is -0.768. The van der Waals surface area contributed by atoms with E-state index in [4.69, 9.17) is 4.74 Å². The van der Waals surface area contributed by atoms with Gasteiger partial charge < -0.3 is 20.3 Å². The number of fused-ring (bicyclic) bond motifs is 1. The van der Waals surface area contributed by atoms with Crippen molar-refractivity contribution < 1.29 is 27.9 Å². The Kier molecular flexibility index (Phi) is 4.79. The molecule has 2 aliphatic heterocycles. The Balaban J connectivity index is 1.46. The van der Waals surface area contributed by atoms with Gasteiger partial charge in [-0.05, 0) is 11.8 Å². The summed E-state index contributed by atoms with van der Waals surface area (Å²) in [7, 11) is 1.58. The molecule has 1 aromatic rings. The number of rotatable bonds is 5. The molecular weight excluding hydrogens is 386 g/mol. The number of anilines is 2. The van der Waals surface area contributed by atoms with Gasteiger partial charge >= 0.3 is 6.09 Å². The number of halogens is 2. The second-order valence-corrected chi connectivity index (χ2v) is 7.68. The standard InChI is InChI=1S/C19H22F2N4O4/c1-9(26)23-5-11-6-25(19(28)29-11)10-3-14(20)17(15(21)4-10)24-7-12-13(8-24)16(12)18(27)22-2/h3-4,11-13,16H,5-8H2,1-2H3,(H,22,27)(H,23,26). The van der Waals surface area contributed by atoms with Gasteiger partial charge in [0, 0.05) is 45.1 Å². The fourth-order valence-corrected chi connectivity index (χ4v) is 4.37. The van der Waals surface area contributed by atoms with Gasteiger partial charge in [0.15, 0.2) is 11.6 Å². The van der Waals surface area contributed by atoms with Crippen LogP contribution < -0.4 is 20.4 Å². The maximum Gasteiger partial charge on any atom is 0.414 e. The van der Waals surface area contributed by atoms with E-state index < -0.39 is 23.8 Å². The third kappa shape index (κ3) is 3.47. The summed E-state index contributed by atoms with van der Waals surface area (Å²) in [5, 5.41) is 5.16. The molecule has 3 fully saturated rings. The van der Waals surface area contributed by atoms with Gasteiger partial charge in [-0.2, -0.15) is 0 Å². The van der Waals surface area contributed by atoms with Crippen LogP contribution in [0.2, 0.25) is 0 Å². The van der Waals surface area contributed by atoms with Crippen LogP contribution in [0.1, 0.15) is 6.92 Å². The van der Waals surface area contributed by atoms with E-state index in [9.17, 15) is 23.2 Å². The fraction of sp³-hybridized carbons (Fsp3) is 0.526. The molecular formula is C19H22F2N4O4. The lowest BCUT2D eigenvalue weighted by atomic mass is 10.2. The van der Waals surface area contributed by atoms with E-state index in [2.05, 4.69) is 10.6 Å². The van der Waals surface area contributed by atoms with Crippen molar-refractivity contribution in [1.29, 1.82) is 0 Å². The van der Waals surface area contributed by atoms with Gasteiger partial charge in [-0.25, -0.2) is 13.6 Å². The number of carbonyl (C=O) groups excluding carboxylic acids is 3. The Morgan fingerprint density at radius 2 is 1.79 bits per heavy atom. The van der Waals surface area contributed by atoms with E-state index in [0.717, 1.165) is 17.0 Å². The highest BCUT2D eigenvalue weighted by Gasteiger charge is 2.59. The third-order valence-corrected chi connectivity index (χ3v) is 5.83. The second kappa shape index (κ2) is 7.16. The van der Waals surface area contributed by atoms with Crippen molar-refractivity contribution in [3.8, 4) is 0 Å². The first-order chi connectivity index (χ1) is 13.8. The molecule has 1 saturated carbocycles. The second-order valence-electron chi connectivity index (χ2n) is 7.68. The number of cyclic esters (lactones) is 1. The van der Waals surface area contributed by atoms with Crippen LogP contribution in [0.3, 0.4) is 0 Å². The van der Waals surface area contributed by atoms with Gasteiger partial charge in [0.25, 0.3) is 0 Å². The number of benzene rings is 1. The van der Waals surface area contributed by atoms with Gasteiger partial charge in [0.1, 0.15) is 11.8 Å². The maximum atomic E-state index is 14.8. The summed E-state index contributed by atoms with van der Waals surface area (Å²) in [6.45, 7) is 2.39. The topological polar surface area (TPSA) is 91.0 Å². The van der Waals surface area contributed by atoms with E-state index in [1.54, 1.807) is 11.9 Å². The Morgan fingerprint density at radius 3 is 2.34 bits per heavy atom. The van der Waals surface area contributed by atoms with Crippen LogP contribution in [0.5, 0.6) is 0 Å². The molecule has 1 aliphatic carbocycles. The maximum absolute atomic E-state index is 14.8. The number of ether oxygens (including phenoxy) is 1. The van der Waals surface area contributed by atoms with Crippen LogP contribution in [0.4, 0.5) is 25.0 Å². The van der Waals surface area contributed by atoms with Crippen LogP contribution in [-0.2, 0) is 14.3 Å². The number of nitrogens with zero attached hydrogens (tertiary/aromatic N) is 2. The van der Waals surface area contributed by atoms with Crippen LogP contribution in [0.25, 0.3) is 0 Å². The minimum absolute atomic E-state index is 0.0303. The van der Waals surface area contributed by atoms with Crippen molar-refractivity contribution in [3.05, 3.63) is 23.8 Å². The van der Waals surface area contributed by atoms with Crippen molar-refractivity contribution in [2.45, 2.75) is 13.0 Å². The average molecular weight is 408 g/mol. The van der Waals surface area contributed by atoms with Crippen molar-refractivity contribution in [2.75, 3.05) is 43.0 Å². The van der Waals surface area contributed by atoms with E-state index in [1.165, 1.54) is 6.92 Å². The van der Waals surface area contributed by atoms with E-state index in [1.807, 2.05) is 0 Å². The number of piperidine rings is 1. The molecule has 0 spiro atoms.